The maximum atomic E-state index is 10.4. The molecule has 0 saturated carbocycles. The maximum Gasteiger partial charge on any atom is 0.0645 e. The van der Waals surface area contributed by atoms with Gasteiger partial charge in [-0.05, 0) is 81.6 Å². The van der Waals surface area contributed by atoms with Crippen LogP contribution in [0.1, 0.15) is 71.8 Å². The van der Waals surface area contributed by atoms with E-state index in [-0.39, 0.29) is 4.90 Å². The molecule has 50 heavy (non-hydrogen) atoms. The molecule has 0 aromatic heterocycles. The molecule has 0 N–H and O–H groups in total. The number of hydrogen-bond donors (Lipinski definition) is 0. The van der Waals surface area contributed by atoms with E-state index in [1.54, 1.807) is 0 Å². The zero-order valence-corrected chi connectivity index (χ0v) is 25.0. The van der Waals surface area contributed by atoms with Gasteiger partial charge in [0, 0.05) is 45.1 Å². The van der Waals surface area contributed by atoms with Crippen LogP contribution in [0.3, 0.4) is 0 Å². The van der Waals surface area contributed by atoms with Crippen molar-refractivity contribution in [3.8, 4) is 22.3 Å². The highest BCUT2D eigenvalue weighted by molar-refractivity contribution is 6.07. The molecule has 1 aliphatic heterocycles. The van der Waals surface area contributed by atoms with Gasteiger partial charge in [-0.1, -0.05) is 152 Å². The molecule has 1 unspecified atom stereocenters. The van der Waals surface area contributed by atoms with Gasteiger partial charge >= 0.3 is 0 Å². The molecule has 0 aliphatic carbocycles. The average Bonchev–Trinajstić information content (AvgIpc) is 0.871. The number of para-hydroxylation sites is 3. The molecule has 0 radical (unpaired) electrons. The first-order valence-corrected chi connectivity index (χ1v) is 14.4. The summed E-state index contributed by atoms with van der Waals surface area (Å²) in [5, 5.41) is -1.80. The Hall–Kier alpha value is -6.38. The van der Waals surface area contributed by atoms with E-state index >= 15 is 0 Å². The Kier molecular flexibility index (Phi) is 2.66. The molecule has 238 valence electrons. The van der Waals surface area contributed by atoms with Crippen LogP contribution < -0.4 is 9.80 Å². The largest absolute Gasteiger partial charge is 0.311 e. The van der Waals surface area contributed by atoms with E-state index in [9.17, 15) is 16.4 Å². The van der Waals surface area contributed by atoms with Gasteiger partial charge in [-0.3, -0.25) is 0 Å². The average molecular weight is 676 g/mol. The number of hydrogen-bond acceptors (Lipinski definition) is 2. The molecule has 0 amide bonds. The quantitative estimate of drug-likeness (QED) is 0.173. The van der Waals surface area contributed by atoms with Gasteiger partial charge in [-0.15, -0.1) is 0 Å². The van der Waals surface area contributed by atoms with Crippen molar-refractivity contribution in [3.05, 3.63) is 205 Å². The number of anilines is 6. The zero-order valence-electron chi connectivity index (χ0n) is 60.0. The lowest BCUT2D eigenvalue weighted by Crippen LogP contribution is -2.22. The van der Waals surface area contributed by atoms with Crippen molar-refractivity contribution >= 4 is 44.9 Å². The molecule has 0 saturated heterocycles. The molecule has 9 rings (SSSR count). The van der Waals surface area contributed by atoms with Crippen molar-refractivity contribution in [3.63, 3.8) is 0 Å². The van der Waals surface area contributed by atoms with Crippen LogP contribution in [0.5, 0.6) is 0 Å². The molecule has 0 spiro atoms. The second kappa shape index (κ2) is 12.6. The highest BCUT2D eigenvalue weighted by Gasteiger charge is 2.33. The molecule has 2 nitrogen and oxygen atoms in total. The number of rotatable bonds is 6. The molecule has 1 aliphatic rings. The minimum Gasteiger partial charge on any atom is -0.311 e. The third kappa shape index (κ3) is 5.05. The van der Waals surface area contributed by atoms with E-state index in [1.165, 1.54) is 0 Å². The molecular weight excluding hydrogens is 605 g/mol. The summed E-state index contributed by atoms with van der Waals surface area (Å²) in [6, 6.07) is -35.9. The summed E-state index contributed by atoms with van der Waals surface area (Å²) in [5.74, 6) is -3.83. The van der Waals surface area contributed by atoms with Gasteiger partial charge < -0.3 is 9.80 Å². The minimum absolute atomic E-state index is 0.274. The lowest BCUT2D eigenvalue weighted by molar-refractivity contribution is 0.895. The van der Waals surface area contributed by atoms with Crippen molar-refractivity contribution in [1.29, 1.82) is 0 Å². The van der Waals surface area contributed by atoms with Crippen LogP contribution in [0.2, 0.25) is 0 Å². The molecule has 1 heterocycles. The monoisotopic (exact) mass is 676 g/mol. The van der Waals surface area contributed by atoms with E-state index < -0.39 is 278 Å². The van der Waals surface area contributed by atoms with Crippen LogP contribution in [-0.4, -0.2) is 0 Å². The summed E-state index contributed by atoms with van der Waals surface area (Å²) in [6.45, 7) is -4.03. The molecule has 0 fully saturated rings. The third-order valence-corrected chi connectivity index (χ3v) is 7.50. The van der Waals surface area contributed by atoms with E-state index in [0.29, 0.717) is 11.0 Å². The molecule has 1 atom stereocenters. The Morgan fingerprint density at radius 3 is 1.84 bits per heavy atom. The SMILES string of the molecule is [2H]c1cc2c(c(-c3c([2H])c([2H])c(N(c4c([2H])c([2H])c([2H])c([2H])c4[2H])c4c([2H])c([2H])c([2H])c([2H])c4[2H])c([2H])c3[2H])c1[2H])C([2H])(C([2H])([2H])[2H])c1c([2H])c([2H])c([2H])c([2H])c1N2c1c(-c2c([2H])c([2H])c([2H])c([2H])c2[2H])c([2H])c([2H])c2c([2H])c([2H])c([2H])c([2H])c12. The van der Waals surface area contributed by atoms with Crippen molar-refractivity contribution in [1.82, 2.24) is 0 Å². The van der Waals surface area contributed by atoms with Gasteiger partial charge in [-0.25, -0.2) is 0 Å². The standard InChI is InChI=1S/C48H36N2/c1-34-41-23-13-14-26-45(41)50(48-43-24-12-11-18-36(43)30-33-44(48)35-16-5-2-6-17-35)46-27-15-25-42(47(34)46)37-28-31-40(32-29-37)49(38-19-7-3-8-20-38)39-21-9-4-10-22-39/h2-34H,1H3/i1D3,2D,3D,4D,5D,6D,7D,8D,9D,10D,11D,12D,13D,14D,15D,16D,17D,18D,19D,20D,21D,22D,23D,24D,25D,26D,28D,29D,30D,31D,32D,33D,34D. The van der Waals surface area contributed by atoms with Crippen LogP contribution in [0.15, 0.2) is 193 Å². The number of benzene rings is 8. The topological polar surface area (TPSA) is 6.48 Å². The maximum absolute atomic E-state index is 10.4. The van der Waals surface area contributed by atoms with Crippen LogP contribution in [-0.2, 0) is 0 Å². The van der Waals surface area contributed by atoms with Gasteiger partial charge in [0.15, 0.2) is 0 Å². The Bertz CT molecular complexity index is 4210. The van der Waals surface area contributed by atoms with E-state index in [0.717, 1.165) is 0 Å². The molecule has 8 aromatic carbocycles. The van der Waals surface area contributed by atoms with Crippen molar-refractivity contribution in [2.75, 3.05) is 9.80 Å². The van der Waals surface area contributed by atoms with Crippen LogP contribution in [0.4, 0.5) is 34.1 Å². The van der Waals surface area contributed by atoms with Gasteiger partial charge in [0.2, 0.25) is 0 Å². The first-order chi connectivity index (χ1) is 39.2. The van der Waals surface area contributed by atoms with Crippen LogP contribution >= 0.6 is 0 Å². The summed E-state index contributed by atoms with van der Waals surface area (Å²) in [6.07, 6.45) is 0. The first-order valence-electron chi connectivity index (χ1n) is 31.9. The second-order valence-corrected chi connectivity index (χ2v) is 10.2. The van der Waals surface area contributed by atoms with Crippen LogP contribution in [0.25, 0.3) is 33.0 Å². The first kappa shape index (κ1) is 10.6. The molecular formula is C48H36N2. The normalized spacial score (nSPS) is 25.0. The van der Waals surface area contributed by atoms with Gasteiger partial charge in [0.25, 0.3) is 0 Å². The molecule has 8 aromatic rings. The Morgan fingerprint density at radius 2 is 1.12 bits per heavy atom. The number of fused-ring (bicyclic) bond motifs is 3. The fourth-order valence-electron chi connectivity index (χ4n) is 5.45. The van der Waals surface area contributed by atoms with Crippen molar-refractivity contribution in [2.45, 2.75) is 12.7 Å². The summed E-state index contributed by atoms with van der Waals surface area (Å²) in [4.78, 5) is 0.790. The lowest BCUT2D eigenvalue weighted by Gasteiger charge is -2.39. The predicted molar refractivity (Wildman–Crippen MR) is 212 cm³/mol. The Balaban J connectivity index is 1.59. The van der Waals surface area contributed by atoms with E-state index in [4.69, 9.17) is 31.5 Å². The van der Waals surface area contributed by atoms with Gasteiger partial charge in [0.1, 0.15) is 0 Å². The van der Waals surface area contributed by atoms with Crippen molar-refractivity contribution in [2.24, 2.45) is 0 Å². The minimum atomic E-state index is -4.03. The fraction of sp³-hybridized carbons (Fsp3) is 0.0417. The Labute approximate surface area is 343 Å². The van der Waals surface area contributed by atoms with E-state index in [1.807, 2.05) is 0 Å². The zero-order chi connectivity index (χ0) is 63.8. The third-order valence-electron chi connectivity index (χ3n) is 7.50. The highest BCUT2D eigenvalue weighted by Crippen LogP contribution is 2.55. The van der Waals surface area contributed by atoms with E-state index in [2.05, 4.69) is 0 Å². The molecule has 2 heteroatoms. The highest BCUT2D eigenvalue weighted by atomic mass is 15.2. The van der Waals surface area contributed by atoms with Crippen molar-refractivity contribution < 1.29 is 48.0 Å². The second-order valence-electron chi connectivity index (χ2n) is 10.2. The molecule has 0 bridgehead atoms. The van der Waals surface area contributed by atoms with Crippen LogP contribution in [0, 0.1) is 0 Å². The summed E-state index contributed by atoms with van der Waals surface area (Å²) in [7, 11) is 0. The number of nitrogens with zero attached hydrogens (tertiary/aromatic N) is 2. The summed E-state index contributed by atoms with van der Waals surface area (Å²) in [5.41, 5.74) is -13.8. The Morgan fingerprint density at radius 1 is 0.520 bits per heavy atom. The van der Waals surface area contributed by atoms with Gasteiger partial charge in [-0.2, -0.15) is 0 Å². The summed E-state index contributed by atoms with van der Waals surface area (Å²) >= 11 is 0. The predicted octanol–water partition coefficient (Wildman–Crippen LogP) is 13.6. The van der Waals surface area contributed by atoms with Gasteiger partial charge in [0.05, 0.1) is 53.9 Å². The summed E-state index contributed by atoms with van der Waals surface area (Å²) < 4.78 is 317. The fourth-order valence-corrected chi connectivity index (χ4v) is 5.45. The lowest BCUT2D eigenvalue weighted by atomic mass is 9.81. The smallest absolute Gasteiger partial charge is 0.0645 e.